The molecule has 6 nitrogen and oxygen atoms in total. The predicted octanol–water partition coefficient (Wildman–Crippen LogP) is 0.969. The monoisotopic (exact) mass is 265 g/mol. The molecule has 1 aromatic rings. The van der Waals surface area contributed by atoms with E-state index < -0.39 is 5.97 Å². The van der Waals surface area contributed by atoms with Gasteiger partial charge in [-0.25, -0.2) is 9.78 Å². The predicted molar refractivity (Wildman–Crippen MR) is 72.6 cm³/mol. The molecule has 1 heterocycles. The van der Waals surface area contributed by atoms with Gasteiger partial charge in [-0.05, 0) is 25.5 Å². The Morgan fingerprint density at radius 2 is 2.05 bits per heavy atom. The average molecular weight is 265 g/mol. The molecule has 0 saturated carbocycles. The summed E-state index contributed by atoms with van der Waals surface area (Å²) in [6, 6.07) is 1.74. The van der Waals surface area contributed by atoms with Gasteiger partial charge in [0, 0.05) is 32.8 Å². The van der Waals surface area contributed by atoms with Crippen LogP contribution in [0.15, 0.2) is 6.07 Å². The van der Waals surface area contributed by atoms with Crippen LogP contribution in [0.5, 0.6) is 0 Å². The zero-order valence-corrected chi connectivity index (χ0v) is 11.6. The fraction of sp³-hybridized carbons (Fsp3) is 0.462. The zero-order chi connectivity index (χ0) is 14.6. The fourth-order valence-corrected chi connectivity index (χ4v) is 1.86. The number of pyridine rings is 1. The number of amides is 1. The summed E-state index contributed by atoms with van der Waals surface area (Å²) in [5, 5.41) is 11.8. The Morgan fingerprint density at radius 1 is 1.42 bits per heavy atom. The Morgan fingerprint density at radius 3 is 2.58 bits per heavy atom. The van der Waals surface area contributed by atoms with Crippen LogP contribution in [0.25, 0.3) is 0 Å². The molecule has 0 aliphatic carbocycles. The van der Waals surface area contributed by atoms with Crippen molar-refractivity contribution < 1.29 is 14.7 Å². The molecule has 0 radical (unpaired) electrons. The zero-order valence-electron chi connectivity index (χ0n) is 11.6. The van der Waals surface area contributed by atoms with E-state index in [-0.39, 0.29) is 11.5 Å². The molecule has 0 aliphatic rings. The second-order valence-corrected chi connectivity index (χ2v) is 4.43. The van der Waals surface area contributed by atoms with E-state index in [1.165, 1.54) is 0 Å². The number of nitrogens with zero attached hydrogens (tertiary/aromatic N) is 2. The molecule has 0 aromatic carbocycles. The Labute approximate surface area is 112 Å². The summed E-state index contributed by atoms with van der Waals surface area (Å²) in [7, 11) is 3.30. The van der Waals surface area contributed by atoms with Crippen LogP contribution in [0.3, 0.4) is 0 Å². The summed E-state index contributed by atoms with van der Waals surface area (Å²) in [6.45, 7) is 3.97. The Kier molecular flexibility index (Phi) is 4.86. The van der Waals surface area contributed by atoms with Crippen LogP contribution in [-0.2, 0) is 4.79 Å². The van der Waals surface area contributed by atoms with E-state index in [1.54, 1.807) is 32.0 Å². The number of aromatic nitrogens is 1. The molecule has 0 aliphatic heterocycles. The van der Waals surface area contributed by atoms with E-state index in [0.29, 0.717) is 24.3 Å². The van der Waals surface area contributed by atoms with E-state index in [9.17, 15) is 14.7 Å². The molecule has 0 fully saturated rings. The van der Waals surface area contributed by atoms with Crippen molar-refractivity contribution in [1.29, 1.82) is 0 Å². The lowest BCUT2D eigenvalue weighted by Gasteiger charge is -2.21. The first-order valence-electron chi connectivity index (χ1n) is 6.00. The first-order valence-corrected chi connectivity index (χ1v) is 6.00. The smallest absolute Gasteiger partial charge is 0.339 e. The highest BCUT2D eigenvalue weighted by Crippen LogP contribution is 2.21. The van der Waals surface area contributed by atoms with Gasteiger partial charge in [-0.1, -0.05) is 0 Å². The fourth-order valence-electron chi connectivity index (χ4n) is 1.86. The molecule has 0 saturated heterocycles. The van der Waals surface area contributed by atoms with Crippen molar-refractivity contribution in [1.82, 2.24) is 10.3 Å². The lowest BCUT2D eigenvalue weighted by molar-refractivity contribution is -0.120. The van der Waals surface area contributed by atoms with Crippen LogP contribution in [0.4, 0.5) is 5.82 Å². The maximum Gasteiger partial charge on any atom is 0.339 e. The molecule has 1 aromatic heterocycles. The standard InChI is InChI=1S/C13H19N3O3/c1-8-7-9(2)15-12(11(8)13(18)19)16(4)6-5-10(17)14-3/h7H,5-6H2,1-4H3,(H,14,17)(H,18,19). The quantitative estimate of drug-likeness (QED) is 0.829. The summed E-state index contributed by atoms with van der Waals surface area (Å²) in [6.07, 6.45) is 0.292. The van der Waals surface area contributed by atoms with E-state index in [2.05, 4.69) is 10.3 Å². The summed E-state index contributed by atoms with van der Waals surface area (Å²) < 4.78 is 0. The highest BCUT2D eigenvalue weighted by molar-refractivity contribution is 5.95. The highest BCUT2D eigenvalue weighted by atomic mass is 16.4. The van der Waals surface area contributed by atoms with E-state index in [4.69, 9.17) is 0 Å². The second-order valence-electron chi connectivity index (χ2n) is 4.43. The molecule has 0 atom stereocenters. The number of aryl methyl sites for hydroxylation is 2. The van der Waals surface area contributed by atoms with Crippen molar-refractivity contribution in [2.75, 3.05) is 25.5 Å². The Hall–Kier alpha value is -2.11. The van der Waals surface area contributed by atoms with Crippen molar-refractivity contribution >= 4 is 17.7 Å². The molecule has 1 rings (SSSR count). The SMILES string of the molecule is CNC(=O)CCN(C)c1nc(C)cc(C)c1C(=O)O. The van der Waals surface area contributed by atoms with Gasteiger partial charge in [0.2, 0.25) is 5.91 Å². The molecular formula is C13H19N3O3. The molecule has 6 heteroatoms. The summed E-state index contributed by atoms with van der Waals surface area (Å²) in [4.78, 5) is 28.5. The number of carboxylic acids is 1. The molecule has 104 valence electrons. The lowest BCUT2D eigenvalue weighted by atomic mass is 10.1. The number of carbonyl (C=O) groups is 2. The normalized spacial score (nSPS) is 10.1. The van der Waals surface area contributed by atoms with Gasteiger partial charge in [0.15, 0.2) is 0 Å². The summed E-state index contributed by atoms with van der Waals surface area (Å²) >= 11 is 0. The van der Waals surface area contributed by atoms with Crippen LogP contribution < -0.4 is 10.2 Å². The van der Waals surface area contributed by atoms with Crippen LogP contribution in [-0.4, -0.2) is 42.6 Å². The number of carboxylic acid groups (broad SMARTS) is 1. The number of hydrogen-bond donors (Lipinski definition) is 2. The van der Waals surface area contributed by atoms with Crippen molar-refractivity contribution in [2.24, 2.45) is 0 Å². The largest absolute Gasteiger partial charge is 0.478 e. The average Bonchev–Trinajstić information content (AvgIpc) is 2.33. The van der Waals surface area contributed by atoms with Gasteiger partial charge in [0.1, 0.15) is 11.4 Å². The molecule has 19 heavy (non-hydrogen) atoms. The number of carbonyl (C=O) groups excluding carboxylic acids is 1. The number of anilines is 1. The number of nitrogens with one attached hydrogen (secondary N) is 1. The van der Waals surface area contributed by atoms with Crippen LogP contribution in [0, 0.1) is 13.8 Å². The molecular weight excluding hydrogens is 246 g/mol. The van der Waals surface area contributed by atoms with E-state index >= 15 is 0 Å². The van der Waals surface area contributed by atoms with Gasteiger partial charge in [0.05, 0.1) is 0 Å². The van der Waals surface area contributed by atoms with Crippen molar-refractivity contribution in [3.63, 3.8) is 0 Å². The minimum Gasteiger partial charge on any atom is -0.478 e. The number of hydrogen-bond acceptors (Lipinski definition) is 4. The molecule has 0 spiro atoms. The first-order chi connectivity index (χ1) is 8.86. The topological polar surface area (TPSA) is 82.5 Å². The first kappa shape index (κ1) is 14.9. The van der Waals surface area contributed by atoms with Gasteiger partial charge < -0.3 is 15.3 Å². The molecule has 2 N–H and O–H groups in total. The van der Waals surface area contributed by atoms with Gasteiger partial charge in [-0.15, -0.1) is 0 Å². The maximum atomic E-state index is 11.3. The van der Waals surface area contributed by atoms with Gasteiger partial charge in [0.25, 0.3) is 0 Å². The Balaban J connectivity index is 3.04. The number of aromatic carboxylic acids is 1. The van der Waals surface area contributed by atoms with E-state index in [1.807, 2.05) is 6.92 Å². The lowest BCUT2D eigenvalue weighted by Crippen LogP contribution is -2.28. The van der Waals surface area contributed by atoms with E-state index in [0.717, 1.165) is 5.69 Å². The van der Waals surface area contributed by atoms with Crippen LogP contribution in [0.1, 0.15) is 28.0 Å². The Bertz CT molecular complexity index is 500. The molecule has 0 bridgehead atoms. The minimum atomic E-state index is -1.01. The van der Waals surface area contributed by atoms with Gasteiger partial charge in [-0.3, -0.25) is 4.79 Å². The van der Waals surface area contributed by atoms with Crippen molar-refractivity contribution in [2.45, 2.75) is 20.3 Å². The maximum absolute atomic E-state index is 11.3. The van der Waals surface area contributed by atoms with Crippen molar-refractivity contribution in [3.05, 3.63) is 22.9 Å². The molecule has 0 unspecified atom stereocenters. The summed E-state index contributed by atoms with van der Waals surface area (Å²) in [5.74, 6) is -0.700. The van der Waals surface area contributed by atoms with Gasteiger partial charge in [-0.2, -0.15) is 0 Å². The number of rotatable bonds is 5. The third kappa shape index (κ3) is 3.67. The van der Waals surface area contributed by atoms with Crippen LogP contribution >= 0.6 is 0 Å². The van der Waals surface area contributed by atoms with Crippen molar-refractivity contribution in [3.8, 4) is 0 Å². The third-order valence-electron chi connectivity index (χ3n) is 2.85. The third-order valence-corrected chi connectivity index (χ3v) is 2.85. The molecule has 1 amide bonds. The second kappa shape index (κ2) is 6.17. The summed E-state index contributed by atoms with van der Waals surface area (Å²) in [5.41, 5.74) is 1.61. The van der Waals surface area contributed by atoms with Crippen LogP contribution in [0.2, 0.25) is 0 Å². The minimum absolute atomic E-state index is 0.0897. The highest BCUT2D eigenvalue weighted by Gasteiger charge is 2.19. The van der Waals surface area contributed by atoms with Gasteiger partial charge >= 0.3 is 5.97 Å².